The van der Waals surface area contributed by atoms with Crippen LogP contribution in [0.15, 0.2) is 36.5 Å². The summed E-state index contributed by atoms with van der Waals surface area (Å²) in [5.41, 5.74) is 7.47. The minimum absolute atomic E-state index is 0.237. The first-order valence-corrected chi connectivity index (χ1v) is 6.08. The average Bonchev–Trinajstić information content (AvgIpc) is 2.89. The molecule has 0 spiro atoms. The van der Waals surface area contributed by atoms with Gasteiger partial charge < -0.3 is 10.6 Å². The summed E-state index contributed by atoms with van der Waals surface area (Å²) < 4.78 is 0. The van der Waals surface area contributed by atoms with Gasteiger partial charge in [-0.2, -0.15) is 15.1 Å². The molecule has 0 bridgehead atoms. The molecule has 3 aromatic rings. The van der Waals surface area contributed by atoms with Crippen LogP contribution in [0.1, 0.15) is 6.92 Å². The summed E-state index contributed by atoms with van der Waals surface area (Å²) in [7, 11) is 0. The predicted octanol–water partition coefficient (Wildman–Crippen LogP) is 2.09. The minimum atomic E-state index is 0.237. The second kappa shape index (κ2) is 4.56. The normalized spacial score (nSPS) is 10.8. The number of benzene rings is 1. The SMILES string of the molecule is CCN(c1ccccc1)c1nc(N)nc2[nH]ncc12. The Kier molecular flexibility index (Phi) is 2.75. The number of hydrogen-bond acceptors (Lipinski definition) is 5. The maximum atomic E-state index is 5.76. The second-order valence-corrected chi connectivity index (χ2v) is 4.12. The van der Waals surface area contributed by atoms with Crippen molar-refractivity contribution in [3.8, 4) is 0 Å². The number of nitrogens with two attached hydrogens (primary N) is 1. The third-order valence-corrected chi connectivity index (χ3v) is 2.95. The zero-order valence-corrected chi connectivity index (χ0v) is 10.5. The van der Waals surface area contributed by atoms with E-state index in [1.165, 1.54) is 0 Å². The molecule has 0 aliphatic carbocycles. The zero-order chi connectivity index (χ0) is 13.2. The van der Waals surface area contributed by atoms with E-state index in [-0.39, 0.29) is 5.95 Å². The number of nitrogens with zero attached hydrogens (tertiary/aromatic N) is 4. The van der Waals surface area contributed by atoms with Crippen molar-refractivity contribution >= 4 is 28.5 Å². The third kappa shape index (κ3) is 1.97. The Bertz CT molecular complexity index is 691. The number of nitrogen functional groups attached to an aromatic ring is 1. The molecular weight excluding hydrogens is 240 g/mol. The van der Waals surface area contributed by atoms with Gasteiger partial charge in [-0.3, -0.25) is 5.10 Å². The number of aromatic nitrogens is 4. The van der Waals surface area contributed by atoms with Gasteiger partial charge in [-0.25, -0.2) is 0 Å². The number of H-pyrrole nitrogens is 1. The molecule has 0 aliphatic rings. The van der Waals surface area contributed by atoms with Crippen LogP contribution in [0.4, 0.5) is 17.5 Å². The number of anilines is 3. The molecule has 0 atom stereocenters. The highest BCUT2D eigenvalue weighted by atomic mass is 15.2. The lowest BCUT2D eigenvalue weighted by molar-refractivity contribution is 0.993. The number of fused-ring (bicyclic) bond motifs is 1. The summed E-state index contributed by atoms with van der Waals surface area (Å²) in [4.78, 5) is 10.6. The molecule has 3 N–H and O–H groups in total. The van der Waals surface area contributed by atoms with E-state index in [0.29, 0.717) is 5.65 Å². The fourth-order valence-electron chi connectivity index (χ4n) is 2.10. The third-order valence-electron chi connectivity index (χ3n) is 2.95. The van der Waals surface area contributed by atoms with Gasteiger partial charge in [0.1, 0.15) is 5.82 Å². The number of para-hydroxylation sites is 1. The van der Waals surface area contributed by atoms with Gasteiger partial charge in [0.15, 0.2) is 5.65 Å². The summed E-state index contributed by atoms with van der Waals surface area (Å²) in [5.74, 6) is 1.01. The lowest BCUT2D eigenvalue weighted by Crippen LogP contribution is -2.18. The van der Waals surface area contributed by atoms with Gasteiger partial charge in [0.25, 0.3) is 0 Å². The van der Waals surface area contributed by atoms with E-state index in [0.717, 1.165) is 23.4 Å². The van der Waals surface area contributed by atoms with Crippen LogP contribution in [0.25, 0.3) is 11.0 Å². The molecule has 6 heteroatoms. The highest BCUT2D eigenvalue weighted by Crippen LogP contribution is 2.29. The molecule has 0 fully saturated rings. The Balaban J connectivity index is 2.19. The van der Waals surface area contributed by atoms with Gasteiger partial charge in [0.05, 0.1) is 11.6 Å². The summed E-state index contributed by atoms with van der Waals surface area (Å²) in [5, 5.41) is 7.69. The molecule has 1 aromatic carbocycles. The van der Waals surface area contributed by atoms with Crippen molar-refractivity contribution in [2.75, 3.05) is 17.2 Å². The van der Waals surface area contributed by atoms with E-state index < -0.39 is 0 Å². The minimum Gasteiger partial charge on any atom is -0.368 e. The quantitative estimate of drug-likeness (QED) is 0.747. The maximum absolute atomic E-state index is 5.76. The van der Waals surface area contributed by atoms with Crippen LogP contribution >= 0.6 is 0 Å². The molecule has 0 aliphatic heterocycles. The lowest BCUT2D eigenvalue weighted by Gasteiger charge is -2.22. The van der Waals surface area contributed by atoms with Crippen molar-refractivity contribution in [1.82, 2.24) is 20.2 Å². The highest BCUT2D eigenvalue weighted by molar-refractivity contribution is 5.89. The molecule has 96 valence electrons. The Morgan fingerprint density at radius 2 is 2.00 bits per heavy atom. The Morgan fingerprint density at radius 1 is 1.21 bits per heavy atom. The predicted molar refractivity (Wildman–Crippen MR) is 75.2 cm³/mol. The van der Waals surface area contributed by atoms with Gasteiger partial charge in [0.2, 0.25) is 5.95 Å². The van der Waals surface area contributed by atoms with E-state index in [4.69, 9.17) is 5.73 Å². The molecule has 6 nitrogen and oxygen atoms in total. The summed E-state index contributed by atoms with van der Waals surface area (Å²) in [6.45, 7) is 2.85. The summed E-state index contributed by atoms with van der Waals surface area (Å²) in [6, 6.07) is 10.0. The molecule has 19 heavy (non-hydrogen) atoms. The first kappa shape index (κ1) is 11.5. The molecule has 0 saturated heterocycles. The summed E-state index contributed by atoms with van der Waals surface area (Å²) >= 11 is 0. The van der Waals surface area contributed by atoms with Crippen molar-refractivity contribution < 1.29 is 0 Å². The standard InChI is InChI=1S/C13H14N6/c1-2-19(9-6-4-3-5-7-9)12-10-8-15-18-11(10)16-13(14)17-12/h3-8H,2H2,1H3,(H3,14,15,16,17,18). The number of aromatic amines is 1. The zero-order valence-electron chi connectivity index (χ0n) is 10.5. The van der Waals surface area contributed by atoms with Crippen LogP contribution in [0, 0.1) is 0 Å². The molecule has 0 saturated carbocycles. The van der Waals surface area contributed by atoms with E-state index in [1.54, 1.807) is 6.20 Å². The first-order valence-electron chi connectivity index (χ1n) is 6.08. The largest absolute Gasteiger partial charge is 0.368 e. The second-order valence-electron chi connectivity index (χ2n) is 4.12. The van der Waals surface area contributed by atoms with Crippen molar-refractivity contribution in [3.63, 3.8) is 0 Å². The fourth-order valence-corrected chi connectivity index (χ4v) is 2.10. The molecule has 0 unspecified atom stereocenters. The van der Waals surface area contributed by atoms with Gasteiger partial charge in [0, 0.05) is 12.2 Å². The van der Waals surface area contributed by atoms with Gasteiger partial charge >= 0.3 is 0 Å². The molecule has 2 heterocycles. The van der Waals surface area contributed by atoms with Crippen molar-refractivity contribution in [3.05, 3.63) is 36.5 Å². The highest BCUT2D eigenvalue weighted by Gasteiger charge is 2.15. The van der Waals surface area contributed by atoms with E-state index >= 15 is 0 Å². The van der Waals surface area contributed by atoms with Crippen molar-refractivity contribution in [1.29, 1.82) is 0 Å². The number of nitrogens with one attached hydrogen (secondary N) is 1. The molecular formula is C13H14N6. The van der Waals surface area contributed by atoms with Crippen LogP contribution in [0.5, 0.6) is 0 Å². The molecule has 2 aromatic heterocycles. The van der Waals surface area contributed by atoms with Gasteiger partial charge in [-0.05, 0) is 19.1 Å². The number of hydrogen-bond donors (Lipinski definition) is 2. The van der Waals surface area contributed by atoms with Gasteiger partial charge in [-0.1, -0.05) is 18.2 Å². The smallest absolute Gasteiger partial charge is 0.224 e. The van der Waals surface area contributed by atoms with Crippen LogP contribution in [0.3, 0.4) is 0 Å². The Hall–Kier alpha value is -2.63. The van der Waals surface area contributed by atoms with Crippen molar-refractivity contribution in [2.24, 2.45) is 0 Å². The topological polar surface area (TPSA) is 83.7 Å². The van der Waals surface area contributed by atoms with E-state index in [1.807, 2.05) is 30.3 Å². The summed E-state index contributed by atoms with van der Waals surface area (Å²) in [6.07, 6.45) is 1.72. The fraction of sp³-hybridized carbons (Fsp3) is 0.154. The first-order chi connectivity index (χ1) is 9.29. The lowest BCUT2D eigenvalue weighted by atomic mass is 10.2. The van der Waals surface area contributed by atoms with E-state index in [9.17, 15) is 0 Å². The monoisotopic (exact) mass is 254 g/mol. The van der Waals surface area contributed by atoms with E-state index in [2.05, 4.69) is 32.0 Å². The molecule has 3 rings (SSSR count). The molecule has 0 radical (unpaired) electrons. The van der Waals surface area contributed by atoms with Crippen LogP contribution in [-0.2, 0) is 0 Å². The van der Waals surface area contributed by atoms with Gasteiger partial charge in [-0.15, -0.1) is 0 Å². The van der Waals surface area contributed by atoms with Crippen LogP contribution < -0.4 is 10.6 Å². The molecule has 0 amide bonds. The average molecular weight is 254 g/mol. The van der Waals surface area contributed by atoms with Crippen molar-refractivity contribution in [2.45, 2.75) is 6.92 Å². The Morgan fingerprint density at radius 3 is 2.74 bits per heavy atom. The Labute approximate surface area is 110 Å². The number of rotatable bonds is 3. The van der Waals surface area contributed by atoms with Crippen LogP contribution in [0.2, 0.25) is 0 Å². The maximum Gasteiger partial charge on any atom is 0.224 e. The van der Waals surface area contributed by atoms with Crippen LogP contribution in [-0.4, -0.2) is 26.7 Å².